The summed E-state index contributed by atoms with van der Waals surface area (Å²) in [5, 5.41) is 0. The lowest BCUT2D eigenvalue weighted by Crippen LogP contribution is -2.09. The predicted octanol–water partition coefficient (Wildman–Crippen LogP) is 3.62. The van der Waals surface area contributed by atoms with E-state index < -0.39 is 0 Å². The highest BCUT2D eigenvalue weighted by atomic mass is 79.9. The molecule has 2 N–H and O–H groups in total. The first-order valence-corrected chi connectivity index (χ1v) is 5.44. The van der Waals surface area contributed by atoms with Crippen molar-refractivity contribution in [2.24, 2.45) is 5.73 Å². The van der Waals surface area contributed by atoms with Crippen molar-refractivity contribution in [2.45, 2.75) is 19.4 Å². The Morgan fingerprint density at radius 1 is 1.42 bits per heavy atom. The summed E-state index contributed by atoms with van der Waals surface area (Å²) in [7, 11) is 0. The van der Waals surface area contributed by atoms with Crippen molar-refractivity contribution in [2.75, 3.05) is 0 Å². The first-order valence-electron chi connectivity index (χ1n) is 3.85. The summed E-state index contributed by atoms with van der Waals surface area (Å²) in [6.07, 6.45) is 0.953. The van der Waals surface area contributed by atoms with Crippen molar-refractivity contribution in [3.63, 3.8) is 0 Å². The number of benzene rings is 1. The second-order valence-corrected chi connectivity index (χ2v) is 4.45. The molecule has 1 aromatic rings. The van der Waals surface area contributed by atoms with E-state index in [0.717, 1.165) is 20.9 Å². The molecular formula is C9H11Br2N. The van der Waals surface area contributed by atoms with Gasteiger partial charge in [-0.3, -0.25) is 0 Å². The molecule has 1 atom stereocenters. The van der Waals surface area contributed by atoms with Gasteiger partial charge in [-0.05, 0) is 30.2 Å². The van der Waals surface area contributed by atoms with Crippen LogP contribution < -0.4 is 5.73 Å². The molecule has 0 unspecified atom stereocenters. The first-order chi connectivity index (χ1) is 5.65. The van der Waals surface area contributed by atoms with Crippen LogP contribution in [0.1, 0.15) is 24.9 Å². The van der Waals surface area contributed by atoms with Gasteiger partial charge in [-0.1, -0.05) is 38.8 Å². The van der Waals surface area contributed by atoms with Crippen molar-refractivity contribution in [3.8, 4) is 0 Å². The Labute approximate surface area is 89.6 Å². The minimum atomic E-state index is 0.122. The molecule has 0 saturated carbocycles. The Hall–Kier alpha value is 0.140. The second-order valence-electron chi connectivity index (χ2n) is 2.68. The van der Waals surface area contributed by atoms with Crippen molar-refractivity contribution in [1.82, 2.24) is 0 Å². The van der Waals surface area contributed by atoms with Gasteiger partial charge < -0.3 is 5.73 Å². The molecule has 0 bridgehead atoms. The highest BCUT2D eigenvalue weighted by molar-refractivity contribution is 9.11. The first kappa shape index (κ1) is 10.2. The summed E-state index contributed by atoms with van der Waals surface area (Å²) in [5.74, 6) is 0. The Morgan fingerprint density at radius 2 is 2.08 bits per heavy atom. The molecule has 0 aliphatic heterocycles. The van der Waals surface area contributed by atoms with Gasteiger partial charge in [0.15, 0.2) is 0 Å². The Morgan fingerprint density at radius 3 is 2.67 bits per heavy atom. The molecule has 3 heteroatoms. The van der Waals surface area contributed by atoms with Crippen LogP contribution in [0.3, 0.4) is 0 Å². The van der Waals surface area contributed by atoms with Crippen LogP contribution in [0.15, 0.2) is 27.1 Å². The monoisotopic (exact) mass is 291 g/mol. The van der Waals surface area contributed by atoms with E-state index in [4.69, 9.17) is 5.73 Å². The lowest BCUT2D eigenvalue weighted by molar-refractivity contribution is 0.695. The molecular weight excluding hydrogens is 282 g/mol. The van der Waals surface area contributed by atoms with E-state index in [1.54, 1.807) is 0 Å². The zero-order chi connectivity index (χ0) is 9.14. The average molecular weight is 293 g/mol. The fraction of sp³-hybridized carbons (Fsp3) is 0.333. The summed E-state index contributed by atoms with van der Waals surface area (Å²) < 4.78 is 2.16. The number of nitrogens with two attached hydrogens (primary N) is 1. The third-order valence-electron chi connectivity index (χ3n) is 1.80. The maximum Gasteiger partial charge on any atom is 0.0303 e. The van der Waals surface area contributed by atoms with E-state index >= 15 is 0 Å². The third kappa shape index (κ3) is 2.31. The molecule has 0 aromatic heterocycles. The zero-order valence-electron chi connectivity index (χ0n) is 6.85. The zero-order valence-corrected chi connectivity index (χ0v) is 10.0. The van der Waals surface area contributed by atoms with Crippen molar-refractivity contribution >= 4 is 31.9 Å². The highest BCUT2D eigenvalue weighted by Gasteiger charge is 2.07. The predicted molar refractivity (Wildman–Crippen MR) is 59.1 cm³/mol. The molecule has 1 nitrogen and oxygen atoms in total. The SMILES string of the molecule is CC[C@@H](N)c1cc(Br)ccc1Br. The number of rotatable bonds is 2. The van der Waals surface area contributed by atoms with E-state index in [1.807, 2.05) is 12.1 Å². The molecule has 1 rings (SSSR count). The van der Waals surface area contributed by atoms with Gasteiger partial charge in [0.1, 0.15) is 0 Å². The quantitative estimate of drug-likeness (QED) is 0.885. The normalized spacial score (nSPS) is 13.0. The van der Waals surface area contributed by atoms with Gasteiger partial charge in [0, 0.05) is 15.0 Å². The fourth-order valence-corrected chi connectivity index (χ4v) is 1.94. The van der Waals surface area contributed by atoms with Crippen LogP contribution in [-0.2, 0) is 0 Å². The largest absolute Gasteiger partial charge is 0.324 e. The van der Waals surface area contributed by atoms with Gasteiger partial charge in [-0.25, -0.2) is 0 Å². The summed E-state index contributed by atoms with van der Waals surface area (Å²) in [5.41, 5.74) is 7.07. The van der Waals surface area contributed by atoms with Crippen LogP contribution in [0.4, 0.5) is 0 Å². The molecule has 0 amide bonds. The minimum absolute atomic E-state index is 0.122. The Balaban J connectivity index is 3.04. The highest BCUT2D eigenvalue weighted by Crippen LogP contribution is 2.26. The average Bonchev–Trinajstić information content (AvgIpc) is 2.08. The summed E-state index contributed by atoms with van der Waals surface area (Å²) in [6, 6.07) is 6.18. The van der Waals surface area contributed by atoms with E-state index in [9.17, 15) is 0 Å². The van der Waals surface area contributed by atoms with Gasteiger partial charge in [0.2, 0.25) is 0 Å². The summed E-state index contributed by atoms with van der Waals surface area (Å²) in [6.45, 7) is 2.08. The Kier molecular flexibility index (Phi) is 3.75. The molecule has 0 heterocycles. The van der Waals surface area contributed by atoms with E-state index in [2.05, 4.69) is 44.8 Å². The van der Waals surface area contributed by atoms with Crippen molar-refractivity contribution in [3.05, 3.63) is 32.7 Å². The van der Waals surface area contributed by atoms with Crippen LogP contribution in [0.2, 0.25) is 0 Å². The third-order valence-corrected chi connectivity index (χ3v) is 3.01. The lowest BCUT2D eigenvalue weighted by atomic mass is 10.1. The van der Waals surface area contributed by atoms with Crippen LogP contribution in [0.25, 0.3) is 0 Å². The smallest absolute Gasteiger partial charge is 0.0303 e. The molecule has 0 radical (unpaired) electrons. The molecule has 0 spiro atoms. The lowest BCUT2D eigenvalue weighted by Gasteiger charge is -2.11. The Bertz CT molecular complexity index is 273. The van der Waals surface area contributed by atoms with E-state index in [0.29, 0.717) is 0 Å². The molecule has 1 aromatic carbocycles. The van der Waals surface area contributed by atoms with E-state index in [1.165, 1.54) is 0 Å². The number of halogens is 2. The van der Waals surface area contributed by atoms with Crippen LogP contribution in [0.5, 0.6) is 0 Å². The molecule has 12 heavy (non-hydrogen) atoms. The molecule has 0 saturated heterocycles. The van der Waals surface area contributed by atoms with Crippen molar-refractivity contribution in [1.29, 1.82) is 0 Å². The fourth-order valence-electron chi connectivity index (χ4n) is 1.02. The van der Waals surface area contributed by atoms with Crippen molar-refractivity contribution < 1.29 is 0 Å². The standard InChI is InChI=1S/C9H11Br2N/c1-2-9(12)7-5-6(10)3-4-8(7)11/h3-5,9H,2,12H2,1H3/t9-/m1/s1. The number of hydrogen-bond donors (Lipinski definition) is 1. The summed E-state index contributed by atoms with van der Waals surface area (Å²) in [4.78, 5) is 0. The molecule has 0 aliphatic rings. The van der Waals surface area contributed by atoms with Crippen LogP contribution >= 0.6 is 31.9 Å². The minimum Gasteiger partial charge on any atom is -0.324 e. The summed E-state index contributed by atoms with van der Waals surface area (Å²) >= 11 is 6.89. The van der Waals surface area contributed by atoms with Crippen LogP contribution in [-0.4, -0.2) is 0 Å². The van der Waals surface area contributed by atoms with Crippen LogP contribution in [0, 0.1) is 0 Å². The topological polar surface area (TPSA) is 26.0 Å². The molecule has 66 valence electrons. The maximum atomic E-state index is 5.91. The maximum absolute atomic E-state index is 5.91. The number of hydrogen-bond acceptors (Lipinski definition) is 1. The van der Waals surface area contributed by atoms with Gasteiger partial charge >= 0.3 is 0 Å². The van der Waals surface area contributed by atoms with Gasteiger partial charge in [0.25, 0.3) is 0 Å². The van der Waals surface area contributed by atoms with Gasteiger partial charge in [-0.2, -0.15) is 0 Å². The van der Waals surface area contributed by atoms with E-state index in [-0.39, 0.29) is 6.04 Å². The van der Waals surface area contributed by atoms with Gasteiger partial charge in [-0.15, -0.1) is 0 Å². The second kappa shape index (κ2) is 4.40. The molecule has 0 fully saturated rings. The van der Waals surface area contributed by atoms with Gasteiger partial charge in [0.05, 0.1) is 0 Å². The molecule has 0 aliphatic carbocycles.